The third-order valence-corrected chi connectivity index (χ3v) is 6.06. The van der Waals surface area contributed by atoms with Crippen LogP contribution < -0.4 is 5.32 Å². The van der Waals surface area contributed by atoms with E-state index in [2.05, 4.69) is 41.7 Å². The monoisotopic (exact) mass is 307 g/mol. The van der Waals surface area contributed by atoms with Crippen molar-refractivity contribution in [3.8, 4) is 0 Å². The Morgan fingerprint density at radius 1 is 0.783 bits per heavy atom. The molecule has 2 aliphatic rings. The molecule has 1 saturated carbocycles. The van der Waals surface area contributed by atoms with Gasteiger partial charge in [0, 0.05) is 0 Å². The summed E-state index contributed by atoms with van der Waals surface area (Å²) in [6, 6.07) is 14.1. The van der Waals surface area contributed by atoms with E-state index in [1.165, 1.54) is 75.2 Å². The fourth-order valence-corrected chi connectivity index (χ4v) is 4.73. The zero-order chi connectivity index (χ0) is 15.5. The zero-order valence-electron chi connectivity index (χ0n) is 14.2. The summed E-state index contributed by atoms with van der Waals surface area (Å²) in [4.78, 5) is 0. The molecule has 1 aliphatic heterocycles. The average molecular weight is 307 g/mol. The van der Waals surface area contributed by atoms with Gasteiger partial charge in [-0.25, -0.2) is 0 Å². The van der Waals surface area contributed by atoms with Gasteiger partial charge in [0.15, 0.2) is 0 Å². The molecule has 0 amide bonds. The quantitative estimate of drug-likeness (QED) is 0.797. The van der Waals surface area contributed by atoms with Gasteiger partial charge in [0.2, 0.25) is 0 Å². The summed E-state index contributed by atoms with van der Waals surface area (Å²) in [6.07, 6.45) is 11.0. The van der Waals surface area contributed by atoms with Crippen molar-refractivity contribution in [3.05, 3.63) is 47.5 Å². The molecule has 0 unspecified atom stereocenters. The molecule has 1 heteroatoms. The molecule has 1 N–H and O–H groups in total. The van der Waals surface area contributed by atoms with Gasteiger partial charge in [-0.1, -0.05) is 55.7 Å². The first kappa shape index (κ1) is 15.2. The first-order valence-electron chi connectivity index (χ1n) is 9.63. The SMILES string of the molecule is c1ccc2c(C3CCCCC3)ccc(CC3CCNCC3)c2c1. The minimum Gasteiger partial charge on any atom is -0.317 e. The lowest BCUT2D eigenvalue weighted by atomic mass is 9.80. The highest BCUT2D eigenvalue weighted by Crippen LogP contribution is 2.37. The Bertz CT molecular complexity index is 648. The molecule has 4 rings (SSSR count). The van der Waals surface area contributed by atoms with Crippen molar-refractivity contribution in [2.45, 2.75) is 57.3 Å². The van der Waals surface area contributed by atoms with Gasteiger partial charge >= 0.3 is 0 Å². The van der Waals surface area contributed by atoms with E-state index in [0.29, 0.717) is 0 Å². The predicted molar refractivity (Wildman–Crippen MR) is 99.1 cm³/mol. The largest absolute Gasteiger partial charge is 0.317 e. The van der Waals surface area contributed by atoms with E-state index >= 15 is 0 Å². The number of hydrogen-bond donors (Lipinski definition) is 1. The van der Waals surface area contributed by atoms with E-state index in [9.17, 15) is 0 Å². The van der Waals surface area contributed by atoms with Gasteiger partial charge in [-0.15, -0.1) is 0 Å². The molecule has 0 spiro atoms. The molecule has 1 nitrogen and oxygen atoms in total. The molecule has 0 aromatic heterocycles. The molecule has 2 fully saturated rings. The maximum absolute atomic E-state index is 3.49. The minimum atomic E-state index is 0.793. The molecule has 1 aliphatic carbocycles. The Morgan fingerprint density at radius 2 is 1.52 bits per heavy atom. The maximum atomic E-state index is 3.49. The summed E-state index contributed by atoms with van der Waals surface area (Å²) < 4.78 is 0. The highest BCUT2D eigenvalue weighted by atomic mass is 14.9. The van der Waals surface area contributed by atoms with E-state index in [-0.39, 0.29) is 0 Å². The van der Waals surface area contributed by atoms with Crippen LogP contribution in [-0.4, -0.2) is 13.1 Å². The van der Waals surface area contributed by atoms with Crippen LogP contribution in [0.25, 0.3) is 10.8 Å². The van der Waals surface area contributed by atoms with Crippen LogP contribution in [0.2, 0.25) is 0 Å². The van der Waals surface area contributed by atoms with Crippen LogP contribution in [0, 0.1) is 5.92 Å². The van der Waals surface area contributed by atoms with Crippen molar-refractivity contribution < 1.29 is 0 Å². The van der Waals surface area contributed by atoms with Crippen LogP contribution >= 0.6 is 0 Å². The Kier molecular flexibility index (Phi) is 4.66. The van der Waals surface area contributed by atoms with Crippen LogP contribution in [0.3, 0.4) is 0 Å². The van der Waals surface area contributed by atoms with Gasteiger partial charge in [0.1, 0.15) is 0 Å². The van der Waals surface area contributed by atoms with Gasteiger partial charge in [0.25, 0.3) is 0 Å². The van der Waals surface area contributed by atoms with Crippen molar-refractivity contribution >= 4 is 10.8 Å². The van der Waals surface area contributed by atoms with E-state index in [1.54, 1.807) is 11.1 Å². The molecule has 2 aromatic rings. The van der Waals surface area contributed by atoms with Crippen molar-refractivity contribution in [2.75, 3.05) is 13.1 Å². The lowest BCUT2D eigenvalue weighted by Crippen LogP contribution is -2.28. The van der Waals surface area contributed by atoms with Crippen LogP contribution in [0.4, 0.5) is 0 Å². The van der Waals surface area contributed by atoms with Crippen molar-refractivity contribution in [1.82, 2.24) is 5.32 Å². The Morgan fingerprint density at radius 3 is 2.30 bits per heavy atom. The fourth-order valence-electron chi connectivity index (χ4n) is 4.73. The highest BCUT2D eigenvalue weighted by Gasteiger charge is 2.20. The van der Waals surface area contributed by atoms with Gasteiger partial charge < -0.3 is 5.32 Å². The first-order valence-corrected chi connectivity index (χ1v) is 9.63. The molecule has 0 radical (unpaired) electrons. The first-order chi connectivity index (χ1) is 11.4. The van der Waals surface area contributed by atoms with E-state index in [0.717, 1.165) is 11.8 Å². The molecule has 23 heavy (non-hydrogen) atoms. The number of nitrogens with one attached hydrogen (secondary N) is 1. The Hall–Kier alpha value is -1.34. The number of fused-ring (bicyclic) bond motifs is 1. The van der Waals surface area contributed by atoms with Crippen LogP contribution in [-0.2, 0) is 6.42 Å². The van der Waals surface area contributed by atoms with Crippen LogP contribution in [0.5, 0.6) is 0 Å². The van der Waals surface area contributed by atoms with Gasteiger partial charge in [0.05, 0.1) is 0 Å². The van der Waals surface area contributed by atoms with Crippen LogP contribution in [0.15, 0.2) is 36.4 Å². The zero-order valence-corrected chi connectivity index (χ0v) is 14.2. The third kappa shape index (κ3) is 3.30. The Balaban J connectivity index is 1.67. The normalized spacial score (nSPS) is 20.9. The molecular formula is C22H29N. The molecule has 1 heterocycles. The standard InChI is InChI=1S/C22H29N/c1-2-6-18(7-3-1)21-11-10-19(16-17-12-14-23-15-13-17)20-8-4-5-9-22(20)21/h4-5,8-11,17-18,23H,1-3,6-7,12-16H2. The summed E-state index contributed by atoms with van der Waals surface area (Å²) >= 11 is 0. The molecule has 0 bridgehead atoms. The topological polar surface area (TPSA) is 12.0 Å². The van der Waals surface area contributed by atoms with Crippen molar-refractivity contribution in [1.29, 1.82) is 0 Å². The molecule has 1 saturated heterocycles. The molecular weight excluding hydrogens is 278 g/mol. The van der Waals surface area contributed by atoms with Gasteiger partial charge in [-0.3, -0.25) is 0 Å². The molecule has 122 valence electrons. The number of rotatable bonds is 3. The number of benzene rings is 2. The second-order valence-electron chi connectivity index (χ2n) is 7.59. The Labute approximate surface area is 140 Å². The number of piperidine rings is 1. The number of hydrogen-bond acceptors (Lipinski definition) is 1. The second kappa shape index (κ2) is 7.05. The third-order valence-electron chi connectivity index (χ3n) is 6.06. The fraction of sp³-hybridized carbons (Fsp3) is 0.545. The van der Waals surface area contributed by atoms with Gasteiger partial charge in [-0.05, 0) is 78.9 Å². The lowest BCUT2D eigenvalue weighted by molar-refractivity contribution is 0.373. The summed E-state index contributed by atoms with van der Waals surface area (Å²) in [7, 11) is 0. The summed E-state index contributed by atoms with van der Waals surface area (Å²) in [5.41, 5.74) is 3.20. The smallest absolute Gasteiger partial charge is 0.00462 e. The van der Waals surface area contributed by atoms with Crippen molar-refractivity contribution in [3.63, 3.8) is 0 Å². The average Bonchev–Trinajstić information content (AvgIpc) is 2.64. The van der Waals surface area contributed by atoms with Crippen LogP contribution in [0.1, 0.15) is 62.0 Å². The summed E-state index contributed by atoms with van der Waals surface area (Å²) in [5, 5.41) is 6.55. The second-order valence-corrected chi connectivity index (χ2v) is 7.59. The van der Waals surface area contributed by atoms with Crippen molar-refractivity contribution in [2.24, 2.45) is 5.92 Å². The molecule has 0 atom stereocenters. The van der Waals surface area contributed by atoms with E-state index < -0.39 is 0 Å². The summed E-state index contributed by atoms with van der Waals surface area (Å²) in [6.45, 7) is 2.39. The van der Waals surface area contributed by atoms with Gasteiger partial charge in [-0.2, -0.15) is 0 Å². The maximum Gasteiger partial charge on any atom is -0.00462 e. The van der Waals surface area contributed by atoms with E-state index in [4.69, 9.17) is 0 Å². The molecule has 2 aromatic carbocycles. The highest BCUT2D eigenvalue weighted by molar-refractivity contribution is 5.89. The lowest BCUT2D eigenvalue weighted by Gasteiger charge is -2.26. The minimum absolute atomic E-state index is 0.793. The van der Waals surface area contributed by atoms with E-state index in [1.807, 2.05) is 0 Å². The summed E-state index contributed by atoms with van der Waals surface area (Å²) in [5.74, 6) is 1.65. The predicted octanol–water partition coefficient (Wildman–Crippen LogP) is 5.43.